The highest BCUT2D eigenvalue weighted by molar-refractivity contribution is 4.84. The summed E-state index contributed by atoms with van der Waals surface area (Å²) in [6, 6.07) is 0.405. The van der Waals surface area contributed by atoms with Crippen molar-refractivity contribution in [3.63, 3.8) is 0 Å². The van der Waals surface area contributed by atoms with E-state index in [0.29, 0.717) is 6.04 Å². The third-order valence-electron chi connectivity index (χ3n) is 2.81. The Hall–Kier alpha value is -1.01. The van der Waals surface area contributed by atoms with Crippen LogP contribution in [-0.4, -0.2) is 40.0 Å². The number of nitrogens with zero attached hydrogens (tertiary/aromatic N) is 4. The molecule has 0 spiro atoms. The van der Waals surface area contributed by atoms with E-state index < -0.39 is 0 Å². The molecule has 16 heavy (non-hydrogen) atoms. The Labute approximate surface area is 95.4 Å². The minimum Gasteiger partial charge on any atom is -0.381 e. The first-order valence-electron chi connectivity index (χ1n) is 5.97. The normalized spacial score (nSPS) is 17.8. The number of hydrogen-bond acceptors (Lipinski definition) is 5. The first-order valence-corrected chi connectivity index (χ1v) is 5.97. The first kappa shape index (κ1) is 11.5. The van der Waals surface area contributed by atoms with Crippen LogP contribution in [0.15, 0.2) is 0 Å². The molecule has 1 aromatic rings. The summed E-state index contributed by atoms with van der Waals surface area (Å²) >= 11 is 0. The van der Waals surface area contributed by atoms with Crippen molar-refractivity contribution < 1.29 is 4.74 Å². The highest BCUT2D eigenvalue weighted by Gasteiger charge is 2.19. The fourth-order valence-electron chi connectivity index (χ4n) is 1.92. The second-order valence-electron chi connectivity index (χ2n) is 4.06. The van der Waals surface area contributed by atoms with Crippen LogP contribution in [0, 0.1) is 0 Å². The molecular weight excluding hydrogens is 206 g/mol. The van der Waals surface area contributed by atoms with Crippen molar-refractivity contribution in [3.05, 3.63) is 5.82 Å². The maximum Gasteiger partial charge on any atom is 0.165 e. The summed E-state index contributed by atoms with van der Waals surface area (Å²) in [5.74, 6) is 0.931. The van der Waals surface area contributed by atoms with Crippen LogP contribution >= 0.6 is 0 Å². The number of nitrogens with one attached hydrogen (secondary N) is 1. The second kappa shape index (κ2) is 5.91. The van der Waals surface area contributed by atoms with E-state index in [1.54, 1.807) is 0 Å². The quantitative estimate of drug-likeness (QED) is 0.740. The van der Waals surface area contributed by atoms with E-state index in [4.69, 9.17) is 4.74 Å². The van der Waals surface area contributed by atoms with Crippen LogP contribution in [0.4, 0.5) is 0 Å². The Kier molecular flexibility index (Phi) is 4.24. The SMILES string of the molecule is CCCNCc1nnnn1C1CCOCC1. The lowest BCUT2D eigenvalue weighted by Crippen LogP contribution is -2.25. The molecule has 0 atom stereocenters. The Bertz CT molecular complexity index is 308. The lowest BCUT2D eigenvalue weighted by molar-refractivity contribution is 0.0647. The van der Waals surface area contributed by atoms with E-state index >= 15 is 0 Å². The van der Waals surface area contributed by atoms with E-state index in [1.165, 1.54) is 0 Å². The predicted octanol–water partition coefficient (Wildman–Crippen LogP) is 0.524. The lowest BCUT2D eigenvalue weighted by Gasteiger charge is -2.22. The summed E-state index contributed by atoms with van der Waals surface area (Å²) in [5, 5.41) is 15.2. The Morgan fingerprint density at radius 1 is 1.44 bits per heavy atom. The molecular formula is C10H19N5O. The zero-order chi connectivity index (χ0) is 11.2. The van der Waals surface area contributed by atoms with E-state index in [-0.39, 0.29) is 0 Å². The molecule has 1 N–H and O–H groups in total. The molecule has 0 radical (unpaired) electrons. The van der Waals surface area contributed by atoms with Crippen molar-refractivity contribution in [1.82, 2.24) is 25.5 Å². The van der Waals surface area contributed by atoms with Gasteiger partial charge in [-0.25, -0.2) is 4.68 Å². The number of hydrogen-bond donors (Lipinski definition) is 1. The van der Waals surface area contributed by atoms with Gasteiger partial charge in [-0.2, -0.15) is 0 Å². The molecule has 0 aliphatic carbocycles. The van der Waals surface area contributed by atoms with Gasteiger partial charge in [0.25, 0.3) is 0 Å². The van der Waals surface area contributed by atoms with Gasteiger partial charge >= 0.3 is 0 Å². The summed E-state index contributed by atoms with van der Waals surface area (Å²) in [5.41, 5.74) is 0. The van der Waals surface area contributed by atoms with Gasteiger partial charge in [0.1, 0.15) is 0 Å². The highest BCUT2D eigenvalue weighted by Crippen LogP contribution is 2.20. The monoisotopic (exact) mass is 225 g/mol. The van der Waals surface area contributed by atoms with E-state index in [9.17, 15) is 0 Å². The van der Waals surface area contributed by atoms with Gasteiger partial charge in [-0.05, 0) is 36.2 Å². The Balaban J connectivity index is 1.94. The Morgan fingerprint density at radius 3 is 3.00 bits per heavy atom. The summed E-state index contributed by atoms with van der Waals surface area (Å²) in [4.78, 5) is 0. The van der Waals surface area contributed by atoms with Gasteiger partial charge in [-0.1, -0.05) is 6.92 Å². The number of aromatic nitrogens is 4. The van der Waals surface area contributed by atoms with Gasteiger partial charge in [0.05, 0.1) is 12.6 Å². The molecule has 0 bridgehead atoms. The van der Waals surface area contributed by atoms with Crippen LogP contribution in [0.25, 0.3) is 0 Å². The van der Waals surface area contributed by atoms with Crippen molar-refractivity contribution in [2.24, 2.45) is 0 Å². The van der Waals surface area contributed by atoms with E-state index in [0.717, 1.165) is 51.4 Å². The minimum absolute atomic E-state index is 0.405. The Morgan fingerprint density at radius 2 is 2.25 bits per heavy atom. The maximum atomic E-state index is 5.34. The fourth-order valence-corrected chi connectivity index (χ4v) is 1.92. The van der Waals surface area contributed by atoms with Crippen molar-refractivity contribution in [3.8, 4) is 0 Å². The van der Waals surface area contributed by atoms with Gasteiger partial charge in [0, 0.05) is 13.2 Å². The van der Waals surface area contributed by atoms with Crippen molar-refractivity contribution >= 4 is 0 Å². The topological polar surface area (TPSA) is 64.9 Å². The van der Waals surface area contributed by atoms with E-state index in [2.05, 4.69) is 27.8 Å². The largest absolute Gasteiger partial charge is 0.381 e. The molecule has 1 fully saturated rings. The molecule has 1 saturated heterocycles. The molecule has 2 rings (SSSR count). The first-order chi connectivity index (χ1) is 7.92. The van der Waals surface area contributed by atoms with Crippen LogP contribution < -0.4 is 5.32 Å². The number of rotatable bonds is 5. The van der Waals surface area contributed by atoms with Gasteiger partial charge in [-0.15, -0.1) is 5.10 Å². The molecule has 6 nitrogen and oxygen atoms in total. The molecule has 1 aliphatic heterocycles. The molecule has 0 saturated carbocycles. The van der Waals surface area contributed by atoms with Gasteiger partial charge in [-0.3, -0.25) is 0 Å². The zero-order valence-electron chi connectivity index (χ0n) is 9.72. The summed E-state index contributed by atoms with van der Waals surface area (Å²) in [6.45, 7) is 5.52. The summed E-state index contributed by atoms with van der Waals surface area (Å²) in [7, 11) is 0. The third-order valence-corrected chi connectivity index (χ3v) is 2.81. The standard InChI is InChI=1S/C10H19N5O/c1-2-5-11-8-10-12-13-14-15(10)9-3-6-16-7-4-9/h9,11H,2-8H2,1H3. The van der Waals surface area contributed by atoms with Crippen LogP contribution in [0.3, 0.4) is 0 Å². The van der Waals surface area contributed by atoms with Crippen molar-refractivity contribution in [1.29, 1.82) is 0 Å². The fraction of sp³-hybridized carbons (Fsp3) is 0.900. The van der Waals surface area contributed by atoms with Crippen LogP contribution in [-0.2, 0) is 11.3 Å². The van der Waals surface area contributed by atoms with Crippen LogP contribution in [0.2, 0.25) is 0 Å². The summed E-state index contributed by atoms with van der Waals surface area (Å²) < 4.78 is 7.29. The van der Waals surface area contributed by atoms with Crippen molar-refractivity contribution in [2.45, 2.75) is 38.8 Å². The molecule has 1 aromatic heterocycles. The minimum atomic E-state index is 0.405. The molecule has 0 amide bonds. The maximum absolute atomic E-state index is 5.34. The van der Waals surface area contributed by atoms with Crippen LogP contribution in [0.5, 0.6) is 0 Å². The van der Waals surface area contributed by atoms with Gasteiger partial charge in [0.2, 0.25) is 0 Å². The second-order valence-corrected chi connectivity index (χ2v) is 4.06. The molecule has 1 aliphatic rings. The zero-order valence-corrected chi connectivity index (χ0v) is 9.72. The molecule has 0 unspecified atom stereocenters. The number of tetrazole rings is 1. The summed E-state index contributed by atoms with van der Waals surface area (Å²) in [6.07, 6.45) is 3.14. The average molecular weight is 225 g/mol. The lowest BCUT2D eigenvalue weighted by atomic mass is 10.1. The third kappa shape index (κ3) is 2.76. The molecule has 6 heteroatoms. The smallest absolute Gasteiger partial charge is 0.165 e. The highest BCUT2D eigenvalue weighted by atomic mass is 16.5. The van der Waals surface area contributed by atoms with Gasteiger partial charge in [0.15, 0.2) is 5.82 Å². The van der Waals surface area contributed by atoms with Crippen LogP contribution in [0.1, 0.15) is 38.1 Å². The average Bonchev–Trinajstić information content (AvgIpc) is 2.79. The van der Waals surface area contributed by atoms with Crippen molar-refractivity contribution in [2.75, 3.05) is 19.8 Å². The molecule has 90 valence electrons. The van der Waals surface area contributed by atoms with Gasteiger partial charge < -0.3 is 10.1 Å². The van der Waals surface area contributed by atoms with E-state index in [1.807, 2.05) is 4.68 Å². The molecule has 0 aromatic carbocycles. The predicted molar refractivity (Wildman–Crippen MR) is 58.9 cm³/mol. The number of ether oxygens (including phenoxy) is 1. The molecule has 2 heterocycles.